The second kappa shape index (κ2) is 7.79. The molecule has 1 heterocycles. The third kappa shape index (κ3) is 3.38. The number of carboxylic acid groups (broad SMARTS) is 1. The van der Waals surface area contributed by atoms with E-state index in [0.717, 1.165) is 11.1 Å². The van der Waals surface area contributed by atoms with Gasteiger partial charge in [-0.15, -0.1) is 0 Å². The monoisotopic (exact) mass is 427 g/mol. The molecule has 0 saturated carbocycles. The molecule has 1 aromatic heterocycles. The van der Waals surface area contributed by atoms with Gasteiger partial charge in [0.1, 0.15) is 11.3 Å². The van der Waals surface area contributed by atoms with Crippen molar-refractivity contribution in [1.82, 2.24) is 9.55 Å². The molecule has 6 heteroatoms. The number of carbonyl (C=O) groups is 1. The van der Waals surface area contributed by atoms with Crippen molar-refractivity contribution in [3.63, 3.8) is 0 Å². The number of imidazole rings is 1. The summed E-state index contributed by atoms with van der Waals surface area (Å²) in [7, 11) is 3.40. The molecular formula is C25H23N2O3Si. The zero-order chi connectivity index (χ0) is 22.2. The van der Waals surface area contributed by atoms with Crippen LogP contribution in [0.2, 0.25) is 0 Å². The number of rotatable bonds is 5. The summed E-state index contributed by atoms with van der Waals surface area (Å²) in [6.45, 7) is 6.17. The molecule has 1 N–H and O–H groups in total. The maximum atomic E-state index is 12.0. The van der Waals surface area contributed by atoms with Crippen molar-refractivity contribution in [1.29, 1.82) is 0 Å². The molecule has 155 valence electrons. The molecule has 0 aliphatic carbocycles. The van der Waals surface area contributed by atoms with E-state index in [1.54, 1.807) is 12.1 Å². The highest BCUT2D eigenvalue weighted by atomic mass is 28.2. The van der Waals surface area contributed by atoms with Crippen molar-refractivity contribution in [2.75, 3.05) is 0 Å². The van der Waals surface area contributed by atoms with Crippen LogP contribution in [0.15, 0.2) is 78.9 Å². The predicted octanol–water partition coefficient (Wildman–Crippen LogP) is 4.88. The number of para-hydroxylation sites is 1. The fraction of sp³-hybridized carbons (Fsp3) is 0.200. The largest absolute Gasteiger partial charge is 0.478 e. The second-order valence-corrected chi connectivity index (χ2v) is 8.68. The van der Waals surface area contributed by atoms with Crippen molar-refractivity contribution < 1.29 is 14.3 Å². The van der Waals surface area contributed by atoms with Crippen molar-refractivity contribution in [3.8, 4) is 0 Å². The van der Waals surface area contributed by atoms with E-state index in [4.69, 9.17) is 9.41 Å². The van der Waals surface area contributed by atoms with Crippen LogP contribution in [0.1, 0.15) is 48.1 Å². The van der Waals surface area contributed by atoms with Crippen LogP contribution in [-0.4, -0.2) is 31.1 Å². The van der Waals surface area contributed by atoms with Gasteiger partial charge in [0, 0.05) is 16.5 Å². The SMILES string of the molecule is CC(C)(C)c1nc2c(C(=O)O)cccc2n1C(O[Si])(c1ccccc1)c1ccccc1. The summed E-state index contributed by atoms with van der Waals surface area (Å²) >= 11 is 0. The molecule has 31 heavy (non-hydrogen) atoms. The van der Waals surface area contributed by atoms with E-state index in [0.29, 0.717) is 16.9 Å². The lowest BCUT2D eigenvalue weighted by Gasteiger charge is -2.39. The highest BCUT2D eigenvalue weighted by molar-refractivity contribution is 6.01. The fourth-order valence-electron chi connectivity index (χ4n) is 4.01. The summed E-state index contributed by atoms with van der Waals surface area (Å²) in [6.07, 6.45) is 0. The van der Waals surface area contributed by atoms with E-state index in [1.807, 2.05) is 71.3 Å². The number of benzene rings is 3. The lowest BCUT2D eigenvalue weighted by molar-refractivity contribution is 0.0698. The summed E-state index contributed by atoms with van der Waals surface area (Å²) in [4.78, 5) is 16.8. The van der Waals surface area contributed by atoms with E-state index in [2.05, 4.69) is 31.3 Å². The molecule has 0 spiro atoms. The first kappa shape index (κ1) is 21.0. The van der Waals surface area contributed by atoms with Gasteiger partial charge in [0.25, 0.3) is 10.5 Å². The number of aromatic carboxylic acids is 1. The second-order valence-electron chi connectivity index (χ2n) is 8.48. The Labute approximate surface area is 184 Å². The van der Waals surface area contributed by atoms with Crippen molar-refractivity contribution in [2.24, 2.45) is 0 Å². The van der Waals surface area contributed by atoms with Crippen LogP contribution in [-0.2, 0) is 15.6 Å². The van der Waals surface area contributed by atoms with Gasteiger partial charge < -0.3 is 9.53 Å². The average Bonchev–Trinajstić information content (AvgIpc) is 3.17. The Kier molecular flexibility index (Phi) is 5.29. The molecule has 0 atom stereocenters. The maximum absolute atomic E-state index is 12.0. The van der Waals surface area contributed by atoms with Gasteiger partial charge in [-0.1, -0.05) is 87.5 Å². The van der Waals surface area contributed by atoms with E-state index >= 15 is 0 Å². The summed E-state index contributed by atoms with van der Waals surface area (Å²) in [5.74, 6) is -0.304. The Morgan fingerprint density at radius 3 is 1.90 bits per heavy atom. The summed E-state index contributed by atoms with van der Waals surface area (Å²) in [5.41, 5.74) is 1.51. The molecule has 0 amide bonds. The van der Waals surface area contributed by atoms with Crippen LogP contribution >= 0.6 is 0 Å². The smallest absolute Gasteiger partial charge is 0.337 e. The molecule has 5 nitrogen and oxygen atoms in total. The van der Waals surface area contributed by atoms with E-state index in [9.17, 15) is 9.90 Å². The predicted molar refractivity (Wildman–Crippen MR) is 121 cm³/mol. The van der Waals surface area contributed by atoms with Crippen LogP contribution in [0.5, 0.6) is 0 Å². The molecular weight excluding hydrogens is 404 g/mol. The number of carboxylic acids is 1. The minimum atomic E-state index is -1.12. The fourth-order valence-corrected chi connectivity index (χ4v) is 4.34. The average molecular weight is 428 g/mol. The molecule has 4 aromatic rings. The molecule has 0 unspecified atom stereocenters. The van der Waals surface area contributed by atoms with E-state index in [1.165, 1.54) is 0 Å². The molecule has 0 aliphatic heterocycles. The number of nitrogens with zero attached hydrogens (tertiary/aromatic N) is 2. The molecule has 0 saturated heterocycles. The Bertz CT molecular complexity index is 1190. The minimum Gasteiger partial charge on any atom is -0.478 e. The minimum absolute atomic E-state index is 0.158. The quantitative estimate of drug-likeness (QED) is 0.461. The zero-order valence-corrected chi connectivity index (χ0v) is 18.7. The Balaban J connectivity index is 2.22. The highest BCUT2D eigenvalue weighted by Crippen LogP contribution is 2.41. The molecule has 3 radical (unpaired) electrons. The van der Waals surface area contributed by atoms with Gasteiger partial charge in [0.2, 0.25) is 0 Å². The maximum Gasteiger partial charge on any atom is 0.337 e. The summed E-state index contributed by atoms with van der Waals surface area (Å²) < 4.78 is 8.19. The van der Waals surface area contributed by atoms with Gasteiger partial charge in [0.15, 0.2) is 5.72 Å². The molecule has 0 fully saturated rings. The van der Waals surface area contributed by atoms with Gasteiger partial charge in [-0.3, -0.25) is 4.57 Å². The molecule has 0 aliphatic rings. The normalized spacial score (nSPS) is 12.3. The Morgan fingerprint density at radius 2 is 1.45 bits per heavy atom. The van der Waals surface area contributed by atoms with Crippen LogP contribution in [0.4, 0.5) is 0 Å². The number of aromatic nitrogens is 2. The Morgan fingerprint density at radius 1 is 0.903 bits per heavy atom. The van der Waals surface area contributed by atoms with Crippen molar-refractivity contribution in [3.05, 3.63) is 101 Å². The Hall–Kier alpha value is -3.22. The van der Waals surface area contributed by atoms with Crippen molar-refractivity contribution in [2.45, 2.75) is 31.9 Å². The van der Waals surface area contributed by atoms with E-state index in [-0.39, 0.29) is 5.56 Å². The number of hydrogen-bond acceptors (Lipinski definition) is 3. The van der Waals surface area contributed by atoms with Gasteiger partial charge >= 0.3 is 5.97 Å². The van der Waals surface area contributed by atoms with Gasteiger partial charge in [-0.25, -0.2) is 9.78 Å². The standard InChI is InChI=1S/C25H23N2O3Si/c1-24(2,3)23-26-21-19(22(28)29)15-10-16-20(21)27(23)25(30-31,17-11-6-4-7-12-17)18-13-8-5-9-14-18/h4-16H,1-3H3,(H,28,29). The summed E-state index contributed by atoms with van der Waals surface area (Å²) in [6, 6.07) is 24.9. The third-order valence-corrected chi connectivity index (χ3v) is 5.67. The molecule has 0 bridgehead atoms. The van der Waals surface area contributed by atoms with Crippen LogP contribution in [0.3, 0.4) is 0 Å². The number of hydrogen-bond donors (Lipinski definition) is 1. The number of fused-ring (bicyclic) bond motifs is 1. The highest BCUT2D eigenvalue weighted by Gasteiger charge is 2.42. The van der Waals surface area contributed by atoms with Crippen LogP contribution in [0, 0.1) is 0 Å². The van der Waals surface area contributed by atoms with Crippen molar-refractivity contribution >= 4 is 27.5 Å². The molecule has 3 aromatic carbocycles. The summed E-state index contributed by atoms with van der Waals surface area (Å²) in [5, 5.41) is 9.79. The van der Waals surface area contributed by atoms with E-state index < -0.39 is 17.1 Å². The van der Waals surface area contributed by atoms with Gasteiger partial charge in [0.05, 0.1) is 11.1 Å². The van der Waals surface area contributed by atoms with Gasteiger partial charge in [-0.05, 0) is 12.1 Å². The molecule has 4 rings (SSSR count). The van der Waals surface area contributed by atoms with Gasteiger partial charge in [-0.2, -0.15) is 0 Å². The topological polar surface area (TPSA) is 64.3 Å². The zero-order valence-electron chi connectivity index (χ0n) is 17.7. The lowest BCUT2D eigenvalue weighted by Crippen LogP contribution is -2.41. The first-order valence-corrected chi connectivity index (χ1v) is 10.4. The third-order valence-electron chi connectivity index (χ3n) is 5.38. The van der Waals surface area contributed by atoms with Crippen LogP contribution in [0.25, 0.3) is 11.0 Å². The first-order valence-electron chi connectivity index (χ1n) is 10.0. The van der Waals surface area contributed by atoms with Crippen LogP contribution < -0.4 is 0 Å². The lowest BCUT2D eigenvalue weighted by atomic mass is 9.90. The first-order chi connectivity index (χ1) is 14.8.